The second kappa shape index (κ2) is 5.78. The van der Waals surface area contributed by atoms with Gasteiger partial charge < -0.3 is 19.9 Å². The number of hydrogen-bond acceptors (Lipinski definition) is 6. The molecule has 7 heteroatoms. The van der Waals surface area contributed by atoms with Crippen LogP contribution in [0, 0.1) is 16.7 Å². The molecule has 0 bridgehead atoms. The topological polar surface area (TPSA) is 94.6 Å². The predicted octanol–water partition coefficient (Wildman–Crippen LogP) is 3.63. The largest absolute Gasteiger partial charge is 0.454 e. The van der Waals surface area contributed by atoms with Crippen molar-refractivity contribution >= 4 is 21.7 Å². The monoisotopic (exact) mass is 416 g/mol. The lowest BCUT2D eigenvalue weighted by Gasteiger charge is -2.37. The zero-order valence-electron chi connectivity index (χ0n) is 14.4. The second-order valence-corrected chi connectivity index (χ2v) is 8.20. The van der Waals surface area contributed by atoms with Crippen molar-refractivity contribution in [1.29, 1.82) is 5.26 Å². The van der Waals surface area contributed by atoms with E-state index in [1.165, 1.54) is 0 Å². The summed E-state index contributed by atoms with van der Waals surface area (Å²) in [6, 6.07) is 5.73. The number of halogens is 1. The number of ketones is 1. The van der Waals surface area contributed by atoms with Gasteiger partial charge in [-0.15, -0.1) is 0 Å². The Bertz CT molecular complexity index is 940. The number of carbonyl (C=O) groups is 1. The summed E-state index contributed by atoms with van der Waals surface area (Å²) in [5.74, 6) is 1.18. The van der Waals surface area contributed by atoms with Crippen LogP contribution >= 0.6 is 15.9 Å². The summed E-state index contributed by atoms with van der Waals surface area (Å²) in [6.45, 7) is 4.17. The average Bonchev–Trinajstić information content (AvgIpc) is 3.02. The zero-order chi connectivity index (χ0) is 18.6. The van der Waals surface area contributed by atoms with E-state index in [1.54, 1.807) is 6.07 Å². The maximum absolute atomic E-state index is 13.0. The molecular formula is C19H17BrN2O4. The molecule has 1 aromatic rings. The molecule has 2 N–H and O–H groups in total. The van der Waals surface area contributed by atoms with E-state index in [1.807, 2.05) is 19.9 Å². The number of ether oxygens (including phenoxy) is 3. The van der Waals surface area contributed by atoms with Crippen LogP contribution in [0.25, 0.3) is 0 Å². The average molecular weight is 417 g/mol. The highest BCUT2D eigenvalue weighted by Gasteiger charge is 2.44. The molecule has 0 aromatic heterocycles. The molecule has 0 unspecified atom stereocenters. The normalized spacial score (nSPS) is 23.5. The number of nitrogens with two attached hydrogens (primary N) is 1. The van der Waals surface area contributed by atoms with E-state index in [-0.39, 0.29) is 29.4 Å². The highest BCUT2D eigenvalue weighted by Crippen LogP contribution is 2.51. The van der Waals surface area contributed by atoms with Crippen LogP contribution in [0.3, 0.4) is 0 Å². The molecular weight excluding hydrogens is 400 g/mol. The number of rotatable bonds is 1. The Morgan fingerprint density at radius 3 is 2.81 bits per heavy atom. The maximum Gasteiger partial charge on any atom is 0.231 e. The van der Waals surface area contributed by atoms with Gasteiger partial charge in [0.25, 0.3) is 0 Å². The van der Waals surface area contributed by atoms with Crippen molar-refractivity contribution in [1.82, 2.24) is 0 Å². The first kappa shape index (κ1) is 17.0. The molecule has 0 saturated carbocycles. The van der Waals surface area contributed by atoms with E-state index in [0.29, 0.717) is 40.1 Å². The van der Waals surface area contributed by atoms with Crippen LogP contribution in [0.1, 0.15) is 38.2 Å². The van der Waals surface area contributed by atoms with Crippen molar-refractivity contribution in [2.24, 2.45) is 11.1 Å². The van der Waals surface area contributed by atoms with E-state index in [9.17, 15) is 10.1 Å². The third-order valence-electron chi connectivity index (χ3n) is 4.90. The fraction of sp³-hybridized carbons (Fsp3) is 0.368. The van der Waals surface area contributed by atoms with Crippen LogP contribution in [-0.4, -0.2) is 12.6 Å². The summed E-state index contributed by atoms with van der Waals surface area (Å²) in [7, 11) is 0. The van der Waals surface area contributed by atoms with Gasteiger partial charge in [0.2, 0.25) is 12.7 Å². The lowest BCUT2D eigenvalue weighted by molar-refractivity contribution is -0.119. The Morgan fingerprint density at radius 2 is 2.08 bits per heavy atom. The molecule has 0 radical (unpaired) electrons. The van der Waals surface area contributed by atoms with Crippen molar-refractivity contribution in [2.75, 3.05) is 6.79 Å². The highest BCUT2D eigenvalue weighted by atomic mass is 79.9. The quantitative estimate of drug-likeness (QED) is 0.750. The number of carbonyl (C=O) groups excluding carboxylic acids is 1. The number of Topliss-reactive ketones (excluding diaryl/α,β-unsaturated/α-hetero) is 1. The van der Waals surface area contributed by atoms with Crippen LogP contribution in [0.2, 0.25) is 0 Å². The first-order chi connectivity index (χ1) is 12.3. The number of hydrogen-bond donors (Lipinski definition) is 1. The van der Waals surface area contributed by atoms with Gasteiger partial charge in [0.15, 0.2) is 17.3 Å². The zero-order valence-corrected chi connectivity index (χ0v) is 16.0. The van der Waals surface area contributed by atoms with E-state index in [4.69, 9.17) is 19.9 Å². The predicted molar refractivity (Wildman–Crippen MR) is 96.0 cm³/mol. The Kier molecular flexibility index (Phi) is 3.77. The number of benzene rings is 1. The molecule has 1 aromatic carbocycles. The molecule has 2 heterocycles. The Morgan fingerprint density at radius 1 is 1.31 bits per heavy atom. The SMILES string of the molecule is CC1(C)CC(=O)C2=C(C1)OC(N)=C(C#N)[C@H]2c1ccc2c(c1Br)OCO2. The molecule has 2 aliphatic heterocycles. The van der Waals surface area contributed by atoms with Crippen LogP contribution in [-0.2, 0) is 9.53 Å². The molecule has 6 nitrogen and oxygen atoms in total. The summed E-state index contributed by atoms with van der Waals surface area (Å²) >= 11 is 3.55. The van der Waals surface area contributed by atoms with Gasteiger partial charge >= 0.3 is 0 Å². The van der Waals surface area contributed by atoms with Gasteiger partial charge in [-0.25, -0.2) is 0 Å². The van der Waals surface area contributed by atoms with Crippen LogP contribution in [0.5, 0.6) is 11.5 Å². The third-order valence-corrected chi connectivity index (χ3v) is 5.71. The van der Waals surface area contributed by atoms with Crippen LogP contribution < -0.4 is 15.2 Å². The second-order valence-electron chi connectivity index (χ2n) is 7.41. The third kappa shape index (κ3) is 2.48. The summed E-state index contributed by atoms with van der Waals surface area (Å²) in [5, 5.41) is 9.68. The van der Waals surface area contributed by atoms with Gasteiger partial charge in [-0.2, -0.15) is 5.26 Å². The van der Waals surface area contributed by atoms with Gasteiger partial charge in [0, 0.05) is 18.4 Å². The molecule has 0 saturated heterocycles. The number of allylic oxidation sites excluding steroid dienone is 3. The lowest BCUT2D eigenvalue weighted by Crippen LogP contribution is -2.33. The Labute approximate surface area is 159 Å². The van der Waals surface area contributed by atoms with Crippen molar-refractivity contribution in [3.63, 3.8) is 0 Å². The van der Waals surface area contributed by atoms with Crippen molar-refractivity contribution in [3.05, 3.63) is 45.0 Å². The van der Waals surface area contributed by atoms with E-state index < -0.39 is 5.92 Å². The molecule has 26 heavy (non-hydrogen) atoms. The summed E-state index contributed by atoms with van der Waals surface area (Å²) in [4.78, 5) is 13.0. The fourth-order valence-corrected chi connectivity index (χ4v) is 4.44. The molecule has 0 amide bonds. The maximum atomic E-state index is 13.0. The Balaban J connectivity index is 1.92. The lowest BCUT2D eigenvalue weighted by atomic mass is 9.70. The molecule has 1 atom stereocenters. The first-order valence-electron chi connectivity index (χ1n) is 8.24. The molecule has 134 valence electrons. The van der Waals surface area contributed by atoms with Gasteiger partial charge in [-0.3, -0.25) is 4.79 Å². The minimum absolute atomic E-state index is 0.0222. The number of nitrogens with zero attached hydrogens (tertiary/aromatic N) is 1. The van der Waals surface area contributed by atoms with E-state index >= 15 is 0 Å². The van der Waals surface area contributed by atoms with Gasteiger partial charge in [-0.1, -0.05) is 19.9 Å². The van der Waals surface area contributed by atoms with E-state index in [0.717, 1.165) is 5.56 Å². The van der Waals surface area contributed by atoms with Crippen LogP contribution in [0.15, 0.2) is 39.4 Å². The standard InChI is InChI=1S/C19H17BrN2O4/c1-19(2)5-11(23)15-13(6-19)26-18(22)10(7-21)14(15)9-3-4-12-17(16(9)20)25-8-24-12/h3-4,14H,5-6,8,22H2,1-2H3/t14-/m1/s1. The van der Waals surface area contributed by atoms with Crippen molar-refractivity contribution in [3.8, 4) is 17.6 Å². The van der Waals surface area contributed by atoms with Gasteiger partial charge in [0.1, 0.15) is 17.4 Å². The smallest absolute Gasteiger partial charge is 0.231 e. The number of nitriles is 1. The van der Waals surface area contributed by atoms with Crippen molar-refractivity contribution < 1.29 is 19.0 Å². The minimum atomic E-state index is -0.587. The molecule has 1 aliphatic carbocycles. The summed E-state index contributed by atoms with van der Waals surface area (Å²) in [6.07, 6.45) is 0.985. The highest BCUT2D eigenvalue weighted by molar-refractivity contribution is 9.10. The van der Waals surface area contributed by atoms with Crippen LogP contribution in [0.4, 0.5) is 0 Å². The van der Waals surface area contributed by atoms with Gasteiger partial charge in [-0.05, 0) is 33.0 Å². The Hall–Kier alpha value is -2.46. The summed E-state index contributed by atoms with van der Waals surface area (Å²) < 4.78 is 17.3. The molecule has 4 rings (SSSR count). The van der Waals surface area contributed by atoms with Gasteiger partial charge in [0.05, 0.1) is 10.4 Å². The first-order valence-corrected chi connectivity index (χ1v) is 9.03. The molecule has 3 aliphatic rings. The van der Waals surface area contributed by atoms with E-state index in [2.05, 4.69) is 22.0 Å². The molecule has 0 spiro atoms. The fourth-order valence-electron chi connectivity index (χ4n) is 3.77. The molecule has 0 fully saturated rings. The summed E-state index contributed by atoms with van der Waals surface area (Å²) in [5.41, 5.74) is 7.30. The van der Waals surface area contributed by atoms with Crippen molar-refractivity contribution in [2.45, 2.75) is 32.6 Å². The number of fused-ring (bicyclic) bond motifs is 1. The minimum Gasteiger partial charge on any atom is -0.454 e.